The SMILES string of the molecule is CCNC(=NCCNS(=O)(=O)CC)NC(C)c1ccc(OCC2CC2)c(F)c1.I. The normalized spacial score (nSPS) is 15.4. The number of halogens is 2. The van der Waals surface area contributed by atoms with Gasteiger partial charge in [0.25, 0.3) is 0 Å². The predicted octanol–water partition coefficient (Wildman–Crippen LogP) is 2.79. The summed E-state index contributed by atoms with van der Waals surface area (Å²) in [6.07, 6.45) is 2.32. The fraction of sp³-hybridized carbons (Fsp3) is 0.632. The molecule has 1 unspecified atom stereocenters. The Kier molecular flexibility index (Phi) is 11.2. The zero-order valence-corrected chi connectivity index (χ0v) is 20.3. The van der Waals surface area contributed by atoms with Gasteiger partial charge < -0.3 is 15.4 Å². The summed E-state index contributed by atoms with van der Waals surface area (Å²) in [6.45, 7) is 7.18. The molecule has 0 amide bonds. The van der Waals surface area contributed by atoms with E-state index in [1.165, 1.54) is 6.07 Å². The Bertz CT molecular complexity index is 773. The molecule has 0 radical (unpaired) electrons. The number of benzene rings is 1. The maximum Gasteiger partial charge on any atom is 0.211 e. The van der Waals surface area contributed by atoms with Gasteiger partial charge in [-0.2, -0.15) is 0 Å². The van der Waals surface area contributed by atoms with Gasteiger partial charge in [-0.05, 0) is 57.2 Å². The van der Waals surface area contributed by atoms with Gasteiger partial charge in [-0.15, -0.1) is 24.0 Å². The highest BCUT2D eigenvalue weighted by Gasteiger charge is 2.22. The van der Waals surface area contributed by atoms with Crippen molar-refractivity contribution in [1.29, 1.82) is 0 Å². The molecule has 1 aliphatic carbocycles. The lowest BCUT2D eigenvalue weighted by molar-refractivity contribution is 0.285. The third-order valence-corrected chi connectivity index (χ3v) is 5.81. The Hall–Kier alpha value is -1.14. The van der Waals surface area contributed by atoms with Crippen LogP contribution in [0.2, 0.25) is 0 Å². The lowest BCUT2D eigenvalue weighted by Crippen LogP contribution is -2.39. The first kappa shape index (κ1) is 25.9. The Labute approximate surface area is 190 Å². The Morgan fingerprint density at radius 1 is 1.34 bits per heavy atom. The Balaban J connectivity index is 0.00000420. The maximum atomic E-state index is 14.3. The van der Waals surface area contributed by atoms with Gasteiger partial charge in [-0.3, -0.25) is 4.99 Å². The van der Waals surface area contributed by atoms with Crippen LogP contribution < -0.4 is 20.1 Å². The summed E-state index contributed by atoms with van der Waals surface area (Å²) in [5, 5.41) is 6.31. The predicted molar refractivity (Wildman–Crippen MR) is 125 cm³/mol. The van der Waals surface area contributed by atoms with Gasteiger partial charge in [0, 0.05) is 13.1 Å². The van der Waals surface area contributed by atoms with Crippen molar-refractivity contribution in [3.8, 4) is 5.75 Å². The molecule has 7 nitrogen and oxygen atoms in total. The quantitative estimate of drug-likeness (QED) is 0.173. The number of sulfonamides is 1. The van der Waals surface area contributed by atoms with E-state index in [0.717, 1.165) is 18.4 Å². The smallest absolute Gasteiger partial charge is 0.211 e. The van der Waals surface area contributed by atoms with E-state index in [2.05, 4.69) is 20.3 Å². The number of aliphatic imine (C=N–C) groups is 1. The molecule has 3 N–H and O–H groups in total. The van der Waals surface area contributed by atoms with Crippen LogP contribution in [0.4, 0.5) is 4.39 Å². The fourth-order valence-corrected chi connectivity index (χ4v) is 3.08. The fourth-order valence-electron chi connectivity index (χ4n) is 2.47. The molecule has 0 heterocycles. The Morgan fingerprint density at radius 3 is 2.66 bits per heavy atom. The number of hydrogen-bond donors (Lipinski definition) is 3. The lowest BCUT2D eigenvalue weighted by atomic mass is 10.1. The Morgan fingerprint density at radius 2 is 2.07 bits per heavy atom. The van der Waals surface area contributed by atoms with E-state index in [1.807, 2.05) is 19.9 Å². The average Bonchev–Trinajstić information content (AvgIpc) is 3.48. The monoisotopic (exact) mass is 542 g/mol. The summed E-state index contributed by atoms with van der Waals surface area (Å²) in [7, 11) is -3.22. The van der Waals surface area contributed by atoms with Gasteiger partial charge >= 0.3 is 0 Å². The van der Waals surface area contributed by atoms with Crippen molar-refractivity contribution in [2.75, 3.05) is 32.0 Å². The molecule has 1 fully saturated rings. The number of guanidine groups is 1. The summed E-state index contributed by atoms with van der Waals surface area (Å²) in [4.78, 5) is 4.36. The van der Waals surface area contributed by atoms with Crippen LogP contribution >= 0.6 is 24.0 Å². The van der Waals surface area contributed by atoms with Crippen LogP contribution in [0.5, 0.6) is 5.75 Å². The van der Waals surface area contributed by atoms with Gasteiger partial charge in [0.15, 0.2) is 17.5 Å². The molecule has 0 aliphatic heterocycles. The van der Waals surface area contributed by atoms with Crippen molar-refractivity contribution in [2.24, 2.45) is 10.9 Å². The lowest BCUT2D eigenvalue weighted by Gasteiger charge is -2.19. The van der Waals surface area contributed by atoms with Gasteiger partial charge in [0.1, 0.15) is 0 Å². The number of hydrogen-bond acceptors (Lipinski definition) is 4. The summed E-state index contributed by atoms with van der Waals surface area (Å²) in [5.74, 6) is 1.06. The highest BCUT2D eigenvalue weighted by atomic mass is 127. The molecule has 0 spiro atoms. The van der Waals surface area contributed by atoms with Crippen LogP contribution in [0.3, 0.4) is 0 Å². The van der Waals surface area contributed by atoms with Crippen LogP contribution in [0.15, 0.2) is 23.2 Å². The van der Waals surface area contributed by atoms with E-state index in [0.29, 0.717) is 31.6 Å². The van der Waals surface area contributed by atoms with E-state index < -0.39 is 10.0 Å². The molecular weight excluding hydrogens is 510 g/mol. The van der Waals surface area contributed by atoms with Crippen LogP contribution in [-0.4, -0.2) is 46.4 Å². The first-order valence-electron chi connectivity index (χ1n) is 9.79. The average molecular weight is 542 g/mol. The molecule has 29 heavy (non-hydrogen) atoms. The maximum absolute atomic E-state index is 14.3. The highest BCUT2D eigenvalue weighted by Crippen LogP contribution is 2.30. The molecule has 1 aromatic rings. The van der Waals surface area contributed by atoms with E-state index in [9.17, 15) is 12.8 Å². The summed E-state index contributed by atoms with van der Waals surface area (Å²) in [6, 6.07) is 4.78. The van der Waals surface area contributed by atoms with Crippen LogP contribution in [0, 0.1) is 11.7 Å². The molecule has 1 atom stereocenters. The molecule has 0 saturated heterocycles. The minimum Gasteiger partial charge on any atom is -0.490 e. The van der Waals surface area contributed by atoms with Crippen molar-refractivity contribution >= 4 is 40.0 Å². The highest BCUT2D eigenvalue weighted by molar-refractivity contribution is 14.0. The van der Waals surface area contributed by atoms with Gasteiger partial charge in [0.05, 0.1) is 24.9 Å². The summed E-state index contributed by atoms with van der Waals surface area (Å²) < 4.78 is 45.2. The molecular formula is C19H32FIN4O3S. The number of nitrogens with zero attached hydrogens (tertiary/aromatic N) is 1. The van der Waals surface area contributed by atoms with Crippen molar-refractivity contribution in [1.82, 2.24) is 15.4 Å². The molecule has 1 aromatic carbocycles. The van der Waals surface area contributed by atoms with E-state index >= 15 is 0 Å². The van der Waals surface area contributed by atoms with Crippen LogP contribution in [0.1, 0.15) is 45.2 Å². The number of rotatable bonds is 11. The molecule has 1 saturated carbocycles. The second-order valence-corrected chi connectivity index (χ2v) is 8.96. The van der Waals surface area contributed by atoms with E-state index in [4.69, 9.17) is 4.74 Å². The zero-order valence-electron chi connectivity index (χ0n) is 17.2. The largest absolute Gasteiger partial charge is 0.490 e. The van der Waals surface area contributed by atoms with Crippen LogP contribution in [0.25, 0.3) is 0 Å². The third kappa shape index (κ3) is 9.47. The summed E-state index contributed by atoms with van der Waals surface area (Å²) in [5.41, 5.74) is 0.772. The molecule has 0 bridgehead atoms. The van der Waals surface area contributed by atoms with Crippen molar-refractivity contribution < 1.29 is 17.5 Å². The van der Waals surface area contributed by atoms with Crippen molar-refractivity contribution in [2.45, 2.75) is 39.7 Å². The zero-order chi connectivity index (χ0) is 20.6. The van der Waals surface area contributed by atoms with Gasteiger partial charge in [-0.25, -0.2) is 17.5 Å². The van der Waals surface area contributed by atoms with E-state index in [-0.39, 0.29) is 53.9 Å². The third-order valence-electron chi connectivity index (χ3n) is 4.41. The number of ether oxygens (including phenoxy) is 1. The minimum absolute atomic E-state index is 0. The minimum atomic E-state index is -3.22. The standard InChI is InChI=1S/C19H31FN4O3S.HI/c1-4-21-19(22-10-11-23-28(25,26)5-2)24-14(3)16-8-9-18(17(20)12-16)27-13-15-6-7-15;/h8-9,12,14-15,23H,4-7,10-11,13H2,1-3H3,(H2,21,22,24);1H. The second kappa shape index (κ2) is 12.5. The first-order valence-corrected chi connectivity index (χ1v) is 11.4. The van der Waals surface area contributed by atoms with E-state index in [1.54, 1.807) is 13.0 Å². The molecule has 0 aromatic heterocycles. The van der Waals surface area contributed by atoms with Crippen molar-refractivity contribution in [3.63, 3.8) is 0 Å². The topological polar surface area (TPSA) is 91.8 Å². The first-order chi connectivity index (χ1) is 13.3. The van der Waals surface area contributed by atoms with Gasteiger partial charge in [-0.1, -0.05) is 6.07 Å². The second-order valence-electron chi connectivity index (χ2n) is 6.87. The van der Waals surface area contributed by atoms with Gasteiger partial charge in [0.2, 0.25) is 10.0 Å². The van der Waals surface area contributed by atoms with Crippen LogP contribution in [-0.2, 0) is 10.0 Å². The van der Waals surface area contributed by atoms with Crippen molar-refractivity contribution in [3.05, 3.63) is 29.6 Å². The number of nitrogens with one attached hydrogen (secondary N) is 3. The molecule has 10 heteroatoms. The molecule has 1 aliphatic rings. The summed E-state index contributed by atoms with van der Waals surface area (Å²) >= 11 is 0. The molecule has 166 valence electrons. The molecule has 2 rings (SSSR count).